The molecule has 0 saturated carbocycles. The first kappa shape index (κ1) is 11.4. The van der Waals surface area contributed by atoms with Crippen LogP contribution in [0.4, 0.5) is 11.4 Å². The summed E-state index contributed by atoms with van der Waals surface area (Å²) in [4.78, 5) is 2.29. The second kappa shape index (κ2) is 4.54. The fourth-order valence-electron chi connectivity index (χ4n) is 2.42. The molecule has 92 valence electrons. The minimum atomic E-state index is 0.612. The van der Waals surface area contributed by atoms with Gasteiger partial charge in [-0.05, 0) is 23.8 Å². The smallest absolute Gasteiger partial charge is 0.0601 e. The molecular formula is C15H15ClN2. The lowest BCUT2D eigenvalue weighted by molar-refractivity contribution is 0.526. The van der Waals surface area contributed by atoms with E-state index < -0.39 is 0 Å². The normalized spacial score (nSPS) is 15.5. The number of halogens is 1. The number of anilines is 2. The number of rotatable bonds is 2. The average Bonchev–Trinajstić information content (AvgIpc) is 2.31. The Hall–Kier alpha value is -1.67. The van der Waals surface area contributed by atoms with Gasteiger partial charge in [0.25, 0.3) is 0 Å². The SMILES string of the molecule is Nc1cc(Cl)ccc1N1CC(c2ccccc2)C1. The van der Waals surface area contributed by atoms with Crippen molar-refractivity contribution in [1.82, 2.24) is 0 Å². The first-order valence-electron chi connectivity index (χ1n) is 6.09. The maximum absolute atomic E-state index is 5.99. The van der Waals surface area contributed by atoms with Crippen LogP contribution in [0.3, 0.4) is 0 Å². The van der Waals surface area contributed by atoms with Crippen molar-refractivity contribution >= 4 is 23.0 Å². The van der Waals surface area contributed by atoms with E-state index in [9.17, 15) is 0 Å². The number of nitrogens with two attached hydrogens (primary N) is 1. The summed E-state index contributed by atoms with van der Waals surface area (Å²) in [5.41, 5.74) is 9.24. The molecule has 0 atom stereocenters. The Morgan fingerprint density at radius 2 is 1.78 bits per heavy atom. The van der Waals surface area contributed by atoms with Crippen LogP contribution in [0.25, 0.3) is 0 Å². The van der Waals surface area contributed by atoms with Crippen LogP contribution in [-0.4, -0.2) is 13.1 Å². The molecule has 1 aliphatic heterocycles. The zero-order valence-electron chi connectivity index (χ0n) is 10.0. The van der Waals surface area contributed by atoms with Crippen LogP contribution in [0.1, 0.15) is 11.5 Å². The summed E-state index contributed by atoms with van der Waals surface area (Å²) in [6.07, 6.45) is 0. The van der Waals surface area contributed by atoms with Crippen LogP contribution in [0, 0.1) is 0 Å². The van der Waals surface area contributed by atoms with E-state index in [1.165, 1.54) is 5.56 Å². The highest BCUT2D eigenvalue weighted by Gasteiger charge is 2.28. The molecule has 18 heavy (non-hydrogen) atoms. The number of nitrogens with zero attached hydrogens (tertiary/aromatic N) is 1. The van der Waals surface area contributed by atoms with Crippen LogP contribution in [0.15, 0.2) is 48.5 Å². The van der Waals surface area contributed by atoms with Crippen molar-refractivity contribution in [2.75, 3.05) is 23.7 Å². The third-order valence-electron chi connectivity index (χ3n) is 3.48. The van der Waals surface area contributed by atoms with Crippen molar-refractivity contribution in [3.63, 3.8) is 0 Å². The van der Waals surface area contributed by atoms with Gasteiger partial charge in [-0.15, -0.1) is 0 Å². The number of nitrogen functional groups attached to an aromatic ring is 1. The van der Waals surface area contributed by atoms with Gasteiger partial charge in [0.05, 0.1) is 11.4 Å². The summed E-state index contributed by atoms with van der Waals surface area (Å²) in [6, 6.07) is 16.3. The molecule has 3 heteroatoms. The monoisotopic (exact) mass is 258 g/mol. The summed E-state index contributed by atoms with van der Waals surface area (Å²) in [5, 5.41) is 0.691. The Labute approximate surface area is 112 Å². The van der Waals surface area contributed by atoms with E-state index in [4.69, 9.17) is 17.3 Å². The Morgan fingerprint density at radius 1 is 1.06 bits per heavy atom. The number of benzene rings is 2. The molecular weight excluding hydrogens is 244 g/mol. The molecule has 2 aromatic rings. The maximum atomic E-state index is 5.99. The summed E-state index contributed by atoms with van der Waals surface area (Å²) >= 11 is 5.91. The lowest BCUT2D eigenvalue weighted by Crippen LogP contribution is -2.45. The van der Waals surface area contributed by atoms with E-state index in [1.807, 2.05) is 18.2 Å². The maximum Gasteiger partial charge on any atom is 0.0601 e. The van der Waals surface area contributed by atoms with E-state index >= 15 is 0 Å². The zero-order chi connectivity index (χ0) is 12.5. The minimum absolute atomic E-state index is 0.612. The fraction of sp³-hybridized carbons (Fsp3) is 0.200. The van der Waals surface area contributed by atoms with Gasteiger partial charge < -0.3 is 10.6 Å². The Balaban J connectivity index is 1.72. The largest absolute Gasteiger partial charge is 0.397 e. The molecule has 0 bridgehead atoms. The number of hydrogen-bond donors (Lipinski definition) is 1. The number of hydrogen-bond acceptors (Lipinski definition) is 2. The van der Waals surface area contributed by atoms with E-state index in [-0.39, 0.29) is 0 Å². The van der Waals surface area contributed by atoms with E-state index in [0.717, 1.165) is 24.5 Å². The van der Waals surface area contributed by atoms with E-state index in [2.05, 4.69) is 35.2 Å². The third-order valence-corrected chi connectivity index (χ3v) is 3.72. The molecule has 2 N–H and O–H groups in total. The van der Waals surface area contributed by atoms with Gasteiger partial charge in [-0.25, -0.2) is 0 Å². The van der Waals surface area contributed by atoms with Gasteiger partial charge in [-0.3, -0.25) is 0 Å². The van der Waals surface area contributed by atoms with Gasteiger partial charge in [0.2, 0.25) is 0 Å². The summed E-state index contributed by atoms with van der Waals surface area (Å²) < 4.78 is 0. The first-order valence-corrected chi connectivity index (χ1v) is 6.47. The third kappa shape index (κ3) is 2.04. The topological polar surface area (TPSA) is 29.3 Å². The fourth-order valence-corrected chi connectivity index (χ4v) is 2.61. The molecule has 3 rings (SSSR count). The first-order chi connectivity index (χ1) is 8.74. The van der Waals surface area contributed by atoms with Gasteiger partial charge in [0.1, 0.15) is 0 Å². The molecule has 1 fully saturated rings. The highest BCUT2D eigenvalue weighted by Crippen LogP contribution is 2.35. The standard InChI is InChI=1S/C15H15ClN2/c16-13-6-7-15(14(17)8-13)18-9-12(10-18)11-4-2-1-3-5-11/h1-8,12H,9-10,17H2. The van der Waals surface area contributed by atoms with Crippen LogP contribution in [0.2, 0.25) is 5.02 Å². The highest BCUT2D eigenvalue weighted by atomic mass is 35.5. The van der Waals surface area contributed by atoms with Crippen molar-refractivity contribution < 1.29 is 0 Å². The summed E-state index contributed by atoms with van der Waals surface area (Å²) in [7, 11) is 0. The quantitative estimate of drug-likeness (QED) is 0.835. The van der Waals surface area contributed by atoms with Gasteiger partial charge >= 0.3 is 0 Å². The van der Waals surface area contributed by atoms with Crippen molar-refractivity contribution in [1.29, 1.82) is 0 Å². The van der Waals surface area contributed by atoms with Gasteiger partial charge in [0, 0.05) is 24.0 Å². The van der Waals surface area contributed by atoms with Crippen molar-refractivity contribution in [3.05, 3.63) is 59.1 Å². The van der Waals surface area contributed by atoms with Gasteiger partial charge in [-0.1, -0.05) is 41.9 Å². The van der Waals surface area contributed by atoms with E-state index in [0.29, 0.717) is 10.9 Å². The molecule has 2 aromatic carbocycles. The van der Waals surface area contributed by atoms with Gasteiger partial charge in [0.15, 0.2) is 0 Å². The minimum Gasteiger partial charge on any atom is -0.397 e. The molecule has 0 unspecified atom stereocenters. The molecule has 0 radical (unpaired) electrons. The molecule has 1 aliphatic rings. The van der Waals surface area contributed by atoms with E-state index in [1.54, 1.807) is 0 Å². The summed E-state index contributed by atoms with van der Waals surface area (Å²) in [6.45, 7) is 2.05. The molecule has 1 saturated heterocycles. The summed E-state index contributed by atoms with van der Waals surface area (Å²) in [5.74, 6) is 0.612. The Kier molecular flexibility index (Phi) is 2.88. The van der Waals surface area contributed by atoms with Gasteiger partial charge in [-0.2, -0.15) is 0 Å². The Bertz CT molecular complexity index is 548. The molecule has 1 heterocycles. The average molecular weight is 259 g/mol. The molecule has 2 nitrogen and oxygen atoms in total. The highest BCUT2D eigenvalue weighted by molar-refractivity contribution is 6.31. The van der Waals surface area contributed by atoms with Crippen LogP contribution >= 0.6 is 11.6 Å². The van der Waals surface area contributed by atoms with Crippen molar-refractivity contribution in [3.8, 4) is 0 Å². The van der Waals surface area contributed by atoms with Crippen molar-refractivity contribution in [2.24, 2.45) is 0 Å². The molecule has 0 spiro atoms. The second-order valence-corrected chi connectivity index (χ2v) is 5.15. The predicted octanol–water partition coefficient (Wildman–Crippen LogP) is 3.53. The van der Waals surface area contributed by atoms with Crippen LogP contribution in [0.5, 0.6) is 0 Å². The Morgan fingerprint density at radius 3 is 2.44 bits per heavy atom. The lowest BCUT2D eigenvalue weighted by Gasteiger charge is -2.42. The van der Waals surface area contributed by atoms with Crippen LogP contribution < -0.4 is 10.6 Å². The molecule has 0 aromatic heterocycles. The second-order valence-electron chi connectivity index (χ2n) is 4.72. The molecule has 0 aliphatic carbocycles. The zero-order valence-corrected chi connectivity index (χ0v) is 10.8. The predicted molar refractivity (Wildman–Crippen MR) is 77.3 cm³/mol. The molecule has 0 amide bonds. The van der Waals surface area contributed by atoms with Crippen LogP contribution in [-0.2, 0) is 0 Å². The lowest BCUT2D eigenvalue weighted by atomic mass is 9.91. The van der Waals surface area contributed by atoms with Crippen molar-refractivity contribution in [2.45, 2.75) is 5.92 Å².